The highest BCUT2D eigenvalue weighted by atomic mass is 128. The summed E-state index contributed by atoms with van der Waals surface area (Å²) in [5.41, 5.74) is 0. The normalized spacial score (nSPS) is 8.86. The van der Waals surface area contributed by atoms with Gasteiger partial charge in [-0.25, -0.2) is 0 Å². The Morgan fingerprint density at radius 1 is 1.57 bits per heavy atom. The van der Waals surface area contributed by atoms with E-state index >= 15 is 0 Å². The van der Waals surface area contributed by atoms with Gasteiger partial charge in [0, 0.05) is 37.2 Å². The lowest BCUT2D eigenvalue weighted by Gasteiger charge is -1.58. The van der Waals surface area contributed by atoms with E-state index in [2.05, 4.69) is 41.8 Å². The second-order valence-corrected chi connectivity index (χ2v) is 1.87. The zero-order chi connectivity index (χ0) is 6.28. The maximum absolute atomic E-state index is 9.74. The van der Waals surface area contributed by atoms with Crippen molar-refractivity contribution < 1.29 is 9.09 Å². The Bertz CT molecular complexity index is 49.0. The molecule has 1 atom stereocenters. The molecule has 0 aromatic heterocycles. The summed E-state index contributed by atoms with van der Waals surface area (Å²) in [7, 11) is 0.0671. The van der Waals surface area contributed by atoms with Gasteiger partial charge in [0.1, 0.15) is 0 Å². The van der Waals surface area contributed by atoms with Crippen LogP contribution in [0.25, 0.3) is 0 Å². The Hall–Kier alpha value is 1.52. The Morgan fingerprint density at radius 2 is 1.71 bits per heavy atom. The summed E-state index contributed by atoms with van der Waals surface area (Å²) in [5.74, 6) is 0. The average molecular weight is 347 g/mol. The van der Waals surface area contributed by atoms with Crippen molar-refractivity contribution >= 4 is 45.3 Å². The Balaban J connectivity index is 0. The van der Waals surface area contributed by atoms with Crippen LogP contribution in [0, 0.1) is 0 Å². The van der Waals surface area contributed by atoms with E-state index in [1.165, 1.54) is 13.8 Å². The van der Waals surface area contributed by atoms with Crippen LogP contribution in [0.15, 0.2) is 0 Å². The van der Waals surface area contributed by atoms with Crippen molar-refractivity contribution in [1.29, 1.82) is 0 Å². The standard InChI is InChI=1S/C2H6O2P.I2/c1-4-5(2)3;1-2/h1-2H3;/q+1;. The van der Waals surface area contributed by atoms with Crippen LogP contribution < -0.4 is 0 Å². The van der Waals surface area contributed by atoms with E-state index < -0.39 is 8.03 Å². The fourth-order valence-corrected chi connectivity index (χ4v) is 0. The van der Waals surface area contributed by atoms with Crippen LogP contribution >= 0.6 is 45.3 Å². The van der Waals surface area contributed by atoms with Crippen molar-refractivity contribution in [2.45, 2.75) is 0 Å². The molecule has 0 aliphatic heterocycles. The molecule has 0 heterocycles. The number of halogens is 2. The quantitative estimate of drug-likeness (QED) is 0.539. The first-order valence-electron chi connectivity index (χ1n) is 1.36. The minimum Gasteiger partial charge on any atom is -0.150 e. The van der Waals surface area contributed by atoms with Crippen molar-refractivity contribution in [1.82, 2.24) is 0 Å². The number of rotatable bonds is 1. The first-order chi connectivity index (χ1) is 3.27. The predicted molar refractivity (Wildman–Crippen MR) is 48.6 cm³/mol. The van der Waals surface area contributed by atoms with Crippen LogP contribution in [0.2, 0.25) is 0 Å². The topological polar surface area (TPSA) is 26.3 Å². The van der Waals surface area contributed by atoms with Crippen molar-refractivity contribution in [3.8, 4) is 0 Å². The first-order valence-corrected chi connectivity index (χ1v) is 9.27. The summed E-state index contributed by atoms with van der Waals surface area (Å²) in [4.78, 5) is 0. The van der Waals surface area contributed by atoms with Crippen molar-refractivity contribution in [2.75, 3.05) is 13.8 Å². The highest BCUT2D eigenvalue weighted by Crippen LogP contribution is 2.10. The minimum absolute atomic E-state index is 1.35. The molecule has 7 heavy (non-hydrogen) atoms. The Kier molecular flexibility index (Phi) is 17.0. The molecule has 44 valence electrons. The van der Waals surface area contributed by atoms with Gasteiger partial charge in [-0.05, 0) is 4.57 Å². The zero-order valence-corrected chi connectivity index (χ0v) is 9.23. The van der Waals surface area contributed by atoms with Crippen LogP contribution in [0.4, 0.5) is 0 Å². The summed E-state index contributed by atoms with van der Waals surface area (Å²) in [6, 6.07) is 0. The lowest BCUT2D eigenvalue weighted by atomic mass is 11.8. The largest absolute Gasteiger partial charge is 0.504 e. The second-order valence-electron chi connectivity index (χ2n) is 0.622. The van der Waals surface area contributed by atoms with Crippen LogP contribution in [0.5, 0.6) is 0 Å². The molecule has 0 fully saturated rings. The summed E-state index contributed by atoms with van der Waals surface area (Å²) >= 11 is 4.24. The predicted octanol–water partition coefficient (Wildman–Crippen LogP) is 2.78. The lowest BCUT2D eigenvalue weighted by Crippen LogP contribution is -1.56. The fourth-order valence-electron chi connectivity index (χ4n) is 0. The first kappa shape index (κ1) is 11.3. The highest BCUT2D eigenvalue weighted by Gasteiger charge is 1.96. The third-order valence-electron chi connectivity index (χ3n) is 0.257. The molecule has 0 aliphatic rings. The van der Waals surface area contributed by atoms with Crippen molar-refractivity contribution in [3.63, 3.8) is 0 Å². The smallest absolute Gasteiger partial charge is 0.150 e. The monoisotopic (exact) mass is 347 g/mol. The molecular weight excluding hydrogens is 341 g/mol. The molecule has 0 aromatic rings. The third-order valence-corrected chi connectivity index (χ3v) is 0.771. The Morgan fingerprint density at radius 3 is 1.71 bits per heavy atom. The lowest BCUT2D eigenvalue weighted by molar-refractivity contribution is 0.419. The molecule has 5 heteroatoms. The minimum atomic E-state index is -1.35. The van der Waals surface area contributed by atoms with Gasteiger partial charge in [0.05, 0.1) is 7.11 Å². The average Bonchev–Trinajstić information content (AvgIpc) is 1.73. The molecule has 0 bridgehead atoms. The molecule has 0 rings (SSSR count). The van der Waals surface area contributed by atoms with Gasteiger partial charge in [-0.1, -0.05) is 0 Å². The molecule has 0 amide bonds. The van der Waals surface area contributed by atoms with Gasteiger partial charge in [-0.15, -0.1) is 4.52 Å². The second kappa shape index (κ2) is 10.5. The molecule has 0 aliphatic carbocycles. The van der Waals surface area contributed by atoms with Gasteiger partial charge >= 0.3 is 8.03 Å². The summed E-state index contributed by atoms with van der Waals surface area (Å²) < 4.78 is 14.0. The molecule has 0 N–H and O–H groups in total. The van der Waals surface area contributed by atoms with Gasteiger partial charge in [0.2, 0.25) is 0 Å². The Labute approximate surface area is 67.6 Å². The SMILES string of the molecule is CO[P+](C)=O.II. The third kappa shape index (κ3) is 18.5. The molecule has 2 nitrogen and oxygen atoms in total. The van der Waals surface area contributed by atoms with E-state index in [1.807, 2.05) is 0 Å². The van der Waals surface area contributed by atoms with Gasteiger partial charge in [-0.2, -0.15) is 0 Å². The van der Waals surface area contributed by atoms with Crippen LogP contribution in [-0.2, 0) is 9.09 Å². The molecule has 0 saturated heterocycles. The van der Waals surface area contributed by atoms with Gasteiger partial charge in [0.15, 0.2) is 6.66 Å². The molecule has 0 saturated carbocycles. The van der Waals surface area contributed by atoms with E-state index in [1.54, 1.807) is 0 Å². The van der Waals surface area contributed by atoms with Gasteiger partial charge < -0.3 is 0 Å². The number of hydrogen-bond donors (Lipinski definition) is 0. The molecule has 1 unspecified atom stereocenters. The van der Waals surface area contributed by atoms with Crippen LogP contribution in [-0.4, -0.2) is 13.8 Å². The maximum atomic E-state index is 9.74. The van der Waals surface area contributed by atoms with Crippen LogP contribution in [0.3, 0.4) is 0 Å². The van der Waals surface area contributed by atoms with Gasteiger partial charge in [-0.3, -0.25) is 0 Å². The summed E-state index contributed by atoms with van der Waals surface area (Å²) in [6.45, 7) is 1.51. The van der Waals surface area contributed by atoms with Crippen molar-refractivity contribution in [2.24, 2.45) is 0 Å². The van der Waals surface area contributed by atoms with Crippen LogP contribution in [0.1, 0.15) is 0 Å². The van der Waals surface area contributed by atoms with E-state index in [4.69, 9.17) is 0 Å². The van der Waals surface area contributed by atoms with E-state index in [0.717, 1.165) is 0 Å². The number of hydrogen-bond acceptors (Lipinski definition) is 2. The molecule has 0 aromatic carbocycles. The van der Waals surface area contributed by atoms with E-state index in [-0.39, 0.29) is 0 Å². The molecule has 0 radical (unpaired) electrons. The van der Waals surface area contributed by atoms with Crippen molar-refractivity contribution in [3.05, 3.63) is 0 Å². The fraction of sp³-hybridized carbons (Fsp3) is 1.00. The molecular formula is C2H6I2O2P+. The summed E-state index contributed by atoms with van der Waals surface area (Å²) in [5, 5.41) is 0. The zero-order valence-electron chi connectivity index (χ0n) is 4.02. The highest BCUT2D eigenvalue weighted by molar-refractivity contribution is 15.0. The summed E-state index contributed by atoms with van der Waals surface area (Å²) in [6.07, 6.45) is 0. The van der Waals surface area contributed by atoms with E-state index in [0.29, 0.717) is 0 Å². The maximum Gasteiger partial charge on any atom is 0.504 e. The molecule has 0 spiro atoms. The van der Waals surface area contributed by atoms with E-state index in [9.17, 15) is 4.57 Å². The van der Waals surface area contributed by atoms with Gasteiger partial charge in [0.25, 0.3) is 0 Å².